The third-order valence-electron chi connectivity index (χ3n) is 4.88. The fourth-order valence-electron chi connectivity index (χ4n) is 3.62. The van der Waals surface area contributed by atoms with E-state index in [4.69, 9.17) is 0 Å². The zero-order valence-corrected chi connectivity index (χ0v) is 14.3. The molecule has 6 heteroatoms. The number of rotatable bonds is 3. The molecular formula is C18H20N4OS. The highest BCUT2D eigenvalue weighted by molar-refractivity contribution is 7.12. The number of hydrazine groups is 1. The van der Waals surface area contributed by atoms with E-state index >= 15 is 0 Å². The Hall–Kier alpha value is -2.02. The third kappa shape index (κ3) is 2.77. The second kappa shape index (κ2) is 6.47. The van der Waals surface area contributed by atoms with Crippen molar-refractivity contribution in [1.29, 1.82) is 0 Å². The summed E-state index contributed by atoms with van der Waals surface area (Å²) < 4.78 is 0. The summed E-state index contributed by atoms with van der Waals surface area (Å²) in [6.07, 6.45) is 2.01. The van der Waals surface area contributed by atoms with Gasteiger partial charge in [-0.15, -0.1) is 11.3 Å². The quantitative estimate of drug-likeness (QED) is 0.594. The Balaban J connectivity index is 1.46. The van der Waals surface area contributed by atoms with Crippen molar-refractivity contribution in [2.24, 2.45) is 11.0 Å². The molecule has 3 atom stereocenters. The molecule has 124 valence electrons. The predicted molar refractivity (Wildman–Crippen MR) is 95.7 cm³/mol. The molecule has 1 saturated heterocycles. The maximum absolute atomic E-state index is 12.6. The predicted octanol–water partition coefficient (Wildman–Crippen LogP) is 2.37. The lowest BCUT2D eigenvalue weighted by Gasteiger charge is -2.29. The van der Waals surface area contributed by atoms with Gasteiger partial charge in [-0.05, 0) is 42.3 Å². The minimum atomic E-state index is -0.261. The summed E-state index contributed by atoms with van der Waals surface area (Å²) in [6, 6.07) is 12.4. The van der Waals surface area contributed by atoms with Crippen molar-refractivity contribution in [2.75, 3.05) is 0 Å². The topological polar surface area (TPSA) is 65.5 Å². The van der Waals surface area contributed by atoms with Crippen LogP contribution in [0, 0.1) is 5.92 Å². The average molecular weight is 340 g/mol. The van der Waals surface area contributed by atoms with E-state index in [2.05, 4.69) is 45.6 Å². The molecule has 3 unspecified atom stereocenters. The van der Waals surface area contributed by atoms with Gasteiger partial charge in [0.1, 0.15) is 6.04 Å². The first kappa shape index (κ1) is 15.5. The number of aryl methyl sites for hydroxylation is 1. The van der Waals surface area contributed by atoms with Gasteiger partial charge in [-0.3, -0.25) is 4.79 Å². The van der Waals surface area contributed by atoms with Crippen LogP contribution in [-0.4, -0.2) is 17.7 Å². The lowest BCUT2D eigenvalue weighted by Crippen LogP contribution is -2.44. The van der Waals surface area contributed by atoms with E-state index in [0.717, 1.165) is 23.4 Å². The molecule has 0 spiro atoms. The maximum Gasteiger partial charge on any atom is 0.258 e. The second-order valence-electron chi connectivity index (χ2n) is 6.30. The summed E-state index contributed by atoms with van der Waals surface area (Å²) in [5.74, 6) is 0.169. The van der Waals surface area contributed by atoms with E-state index < -0.39 is 0 Å². The van der Waals surface area contributed by atoms with Gasteiger partial charge in [-0.2, -0.15) is 5.10 Å². The van der Waals surface area contributed by atoms with Crippen molar-refractivity contribution in [3.63, 3.8) is 0 Å². The number of carbonyl (C=O) groups is 1. The van der Waals surface area contributed by atoms with Crippen molar-refractivity contribution in [3.05, 3.63) is 57.8 Å². The van der Waals surface area contributed by atoms with Crippen LogP contribution in [-0.2, 0) is 11.2 Å². The molecule has 5 nitrogen and oxygen atoms in total. The summed E-state index contributed by atoms with van der Waals surface area (Å²) in [5.41, 5.74) is 12.7. The molecule has 0 bridgehead atoms. The first-order valence-corrected chi connectivity index (χ1v) is 9.09. The summed E-state index contributed by atoms with van der Waals surface area (Å²) in [4.78, 5) is 13.6. The molecule has 1 aromatic carbocycles. The van der Waals surface area contributed by atoms with Gasteiger partial charge < -0.3 is 0 Å². The Morgan fingerprint density at radius 2 is 2.12 bits per heavy atom. The molecule has 4 rings (SSSR count). The molecular weight excluding hydrogens is 320 g/mol. The second-order valence-corrected chi connectivity index (χ2v) is 7.24. The van der Waals surface area contributed by atoms with Gasteiger partial charge in [0.15, 0.2) is 0 Å². The van der Waals surface area contributed by atoms with Gasteiger partial charge in [-0.25, -0.2) is 16.3 Å². The fourth-order valence-corrected chi connectivity index (χ4v) is 4.30. The Bertz CT molecular complexity index is 771. The number of fused-ring (bicyclic) bond motifs is 3. The van der Waals surface area contributed by atoms with Gasteiger partial charge >= 0.3 is 0 Å². The normalized spacial score (nSPS) is 25.9. The number of nitrogens with zero attached hydrogens (tertiary/aromatic N) is 1. The van der Waals surface area contributed by atoms with Crippen LogP contribution in [0.25, 0.3) is 0 Å². The van der Waals surface area contributed by atoms with Crippen LogP contribution >= 0.6 is 11.3 Å². The van der Waals surface area contributed by atoms with Crippen molar-refractivity contribution in [1.82, 2.24) is 16.3 Å². The van der Waals surface area contributed by atoms with Crippen LogP contribution in [0.15, 0.2) is 46.9 Å². The van der Waals surface area contributed by atoms with Gasteiger partial charge in [0.25, 0.3) is 5.91 Å². The molecule has 2 aliphatic rings. The van der Waals surface area contributed by atoms with Crippen molar-refractivity contribution >= 4 is 23.0 Å². The minimum absolute atomic E-state index is 0.0784. The van der Waals surface area contributed by atoms with Crippen LogP contribution in [0.5, 0.6) is 0 Å². The monoisotopic (exact) mass is 340 g/mol. The molecule has 2 heterocycles. The molecule has 24 heavy (non-hydrogen) atoms. The van der Waals surface area contributed by atoms with Crippen LogP contribution in [0.1, 0.15) is 35.4 Å². The smallest absolute Gasteiger partial charge is 0.258 e. The molecule has 0 radical (unpaired) electrons. The van der Waals surface area contributed by atoms with E-state index in [1.54, 1.807) is 11.3 Å². The number of thiophene rings is 1. The number of hydrogen-bond donors (Lipinski definition) is 3. The Kier molecular flexibility index (Phi) is 4.18. The lowest BCUT2D eigenvalue weighted by atomic mass is 9.77. The van der Waals surface area contributed by atoms with Crippen LogP contribution in [0.2, 0.25) is 0 Å². The third-order valence-corrected chi connectivity index (χ3v) is 5.86. The minimum Gasteiger partial charge on any atom is -0.271 e. The van der Waals surface area contributed by atoms with E-state index in [-0.39, 0.29) is 23.9 Å². The van der Waals surface area contributed by atoms with Crippen LogP contribution < -0.4 is 16.3 Å². The number of hydrazone groups is 1. The number of amides is 1. The molecule has 3 N–H and O–H groups in total. The highest BCUT2D eigenvalue weighted by atomic mass is 32.1. The molecule has 1 aliphatic carbocycles. The first-order chi connectivity index (χ1) is 11.7. The molecule has 2 aromatic rings. The highest BCUT2D eigenvalue weighted by Gasteiger charge is 2.43. The Labute approximate surface area is 145 Å². The molecule has 0 saturated carbocycles. The summed E-state index contributed by atoms with van der Waals surface area (Å²) in [5, 5.41) is 6.26. The summed E-state index contributed by atoms with van der Waals surface area (Å²) in [7, 11) is 0. The van der Waals surface area contributed by atoms with Crippen molar-refractivity contribution in [3.8, 4) is 0 Å². The number of benzene rings is 1. The zero-order valence-electron chi connectivity index (χ0n) is 13.5. The number of nitrogens with one attached hydrogen (secondary N) is 3. The van der Waals surface area contributed by atoms with Gasteiger partial charge in [0.05, 0.1) is 11.8 Å². The molecule has 1 aromatic heterocycles. The Morgan fingerprint density at radius 3 is 2.96 bits per heavy atom. The van der Waals surface area contributed by atoms with Gasteiger partial charge in [0, 0.05) is 10.8 Å². The number of hydrogen-bond acceptors (Lipinski definition) is 5. The highest BCUT2D eigenvalue weighted by Crippen LogP contribution is 2.38. The fraction of sp³-hybridized carbons (Fsp3) is 0.333. The van der Waals surface area contributed by atoms with E-state index in [1.165, 1.54) is 11.1 Å². The van der Waals surface area contributed by atoms with Gasteiger partial charge in [-0.1, -0.05) is 30.3 Å². The van der Waals surface area contributed by atoms with E-state index in [9.17, 15) is 4.79 Å². The summed E-state index contributed by atoms with van der Waals surface area (Å²) >= 11 is 1.62. The largest absolute Gasteiger partial charge is 0.271 e. The van der Waals surface area contributed by atoms with Crippen LogP contribution in [0.4, 0.5) is 0 Å². The van der Waals surface area contributed by atoms with Gasteiger partial charge in [0.2, 0.25) is 0 Å². The average Bonchev–Trinajstić information content (AvgIpc) is 3.28. The van der Waals surface area contributed by atoms with E-state index in [0.29, 0.717) is 0 Å². The van der Waals surface area contributed by atoms with E-state index in [1.807, 2.05) is 24.4 Å². The van der Waals surface area contributed by atoms with Crippen molar-refractivity contribution < 1.29 is 4.79 Å². The SMILES string of the molecule is C/C(=N\NC(=O)C1NNC2c3ccccc3CCC12)c1cccs1. The summed E-state index contributed by atoms with van der Waals surface area (Å²) in [6.45, 7) is 1.91. The Morgan fingerprint density at radius 1 is 1.25 bits per heavy atom. The molecule has 1 amide bonds. The first-order valence-electron chi connectivity index (χ1n) is 8.21. The standard InChI is InChI=1S/C18H20N4OS/c1-11(15-7-4-10-24-15)19-22-18(23)17-14-9-8-12-5-2-3-6-13(12)16(14)20-21-17/h2-7,10,14,16-17,20-21H,8-9H2,1H3,(H,22,23)/b19-11+. The number of carbonyl (C=O) groups excluding carboxylic acids is 1. The van der Waals surface area contributed by atoms with Crippen molar-refractivity contribution in [2.45, 2.75) is 31.8 Å². The molecule has 1 aliphatic heterocycles. The maximum atomic E-state index is 12.6. The lowest BCUT2D eigenvalue weighted by molar-refractivity contribution is -0.123. The van der Waals surface area contributed by atoms with Crippen LogP contribution in [0.3, 0.4) is 0 Å². The zero-order chi connectivity index (χ0) is 16.5. The molecule has 1 fully saturated rings.